The molecule has 0 radical (unpaired) electrons. The van der Waals surface area contributed by atoms with Gasteiger partial charge in [-0.2, -0.15) is 9.40 Å². The van der Waals surface area contributed by atoms with Gasteiger partial charge in [-0.3, -0.25) is 4.68 Å². The maximum atomic E-state index is 12.4. The highest BCUT2D eigenvalue weighted by Gasteiger charge is 2.34. The van der Waals surface area contributed by atoms with Crippen LogP contribution in [0.4, 0.5) is 0 Å². The molecule has 6 nitrogen and oxygen atoms in total. The number of aromatic nitrogens is 2. The molecule has 0 bridgehead atoms. The van der Waals surface area contributed by atoms with E-state index in [1.807, 2.05) is 13.8 Å². The number of hydrogen-bond acceptors (Lipinski definition) is 4. The highest BCUT2D eigenvalue weighted by atomic mass is 32.2. The zero-order valence-corrected chi connectivity index (χ0v) is 11.0. The predicted molar refractivity (Wildman–Crippen MR) is 62.0 cm³/mol. The lowest BCUT2D eigenvalue weighted by molar-refractivity contribution is -0.0170. The first-order valence-corrected chi connectivity index (χ1v) is 6.97. The van der Waals surface area contributed by atoms with Crippen LogP contribution >= 0.6 is 0 Å². The van der Waals surface area contributed by atoms with Crippen molar-refractivity contribution < 1.29 is 13.2 Å². The van der Waals surface area contributed by atoms with Gasteiger partial charge in [-0.1, -0.05) is 0 Å². The van der Waals surface area contributed by atoms with Crippen molar-refractivity contribution in [3.8, 4) is 0 Å². The van der Waals surface area contributed by atoms with Crippen LogP contribution in [0.5, 0.6) is 0 Å². The molecule has 0 unspecified atom stereocenters. The number of ether oxygens (including phenoxy) is 1. The van der Waals surface area contributed by atoms with Crippen LogP contribution in [0, 0.1) is 0 Å². The van der Waals surface area contributed by atoms with Gasteiger partial charge in [0.2, 0.25) is 10.0 Å². The van der Waals surface area contributed by atoms with E-state index in [2.05, 4.69) is 5.10 Å². The van der Waals surface area contributed by atoms with Gasteiger partial charge in [-0.25, -0.2) is 8.42 Å². The van der Waals surface area contributed by atoms with Crippen molar-refractivity contribution >= 4 is 10.0 Å². The van der Waals surface area contributed by atoms with Crippen molar-refractivity contribution in [2.45, 2.75) is 30.9 Å². The van der Waals surface area contributed by atoms with E-state index in [4.69, 9.17) is 4.74 Å². The quantitative estimate of drug-likeness (QED) is 0.762. The third-order valence-corrected chi connectivity index (χ3v) is 4.77. The number of morpholine rings is 1. The average molecular weight is 259 g/mol. The second kappa shape index (κ2) is 4.40. The Morgan fingerprint density at radius 2 is 2.18 bits per heavy atom. The van der Waals surface area contributed by atoms with Gasteiger partial charge < -0.3 is 4.74 Å². The van der Waals surface area contributed by atoms with Gasteiger partial charge in [0.05, 0.1) is 18.9 Å². The Bertz CT molecular complexity index is 497. The summed E-state index contributed by atoms with van der Waals surface area (Å²) in [5.41, 5.74) is 0. The van der Waals surface area contributed by atoms with Gasteiger partial charge in [0, 0.05) is 25.8 Å². The number of nitrogens with zero attached hydrogens (tertiary/aromatic N) is 3. The Morgan fingerprint density at radius 3 is 2.76 bits per heavy atom. The molecule has 17 heavy (non-hydrogen) atoms. The Hall–Kier alpha value is -0.920. The number of rotatable bonds is 2. The molecule has 0 aromatic carbocycles. The predicted octanol–water partition coefficient (Wildman–Crippen LogP) is 0.218. The van der Waals surface area contributed by atoms with Crippen LogP contribution in [0.1, 0.15) is 13.8 Å². The molecular weight excluding hydrogens is 242 g/mol. The van der Waals surface area contributed by atoms with Crippen molar-refractivity contribution in [1.82, 2.24) is 14.1 Å². The van der Waals surface area contributed by atoms with Gasteiger partial charge >= 0.3 is 0 Å². The summed E-state index contributed by atoms with van der Waals surface area (Å²) >= 11 is 0. The Balaban J connectivity index is 2.31. The number of aryl methyl sites for hydroxylation is 1. The van der Waals surface area contributed by atoms with E-state index in [1.54, 1.807) is 7.05 Å². The minimum atomic E-state index is -3.45. The van der Waals surface area contributed by atoms with Crippen LogP contribution in [-0.4, -0.2) is 47.8 Å². The summed E-state index contributed by atoms with van der Waals surface area (Å²) in [7, 11) is -1.75. The number of hydrogen-bond donors (Lipinski definition) is 0. The first-order valence-electron chi connectivity index (χ1n) is 5.53. The second-order valence-electron chi connectivity index (χ2n) is 4.42. The Labute approximate surface area is 101 Å². The lowest BCUT2D eigenvalue weighted by Crippen LogP contribution is -2.49. The van der Waals surface area contributed by atoms with Gasteiger partial charge in [-0.15, -0.1) is 0 Å². The summed E-state index contributed by atoms with van der Waals surface area (Å²) < 4.78 is 33.1. The molecule has 1 fully saturated rings. The largest absolute Gasteiger partial charge is 0.375 e. The van der Waals surface area contributed by atoms with Crippen LogP contribution in [0.3, 0.4) is 0 Å². The van der Waals surface area contributed by atoms with Crippen LogP contribution in [0.25, 0.3) is 0 Å². The van der Waals surface area contributed by atoms with E-state index in [1.165, 1.54) is 21.4 Å². The van der Waals surface area contributed by atoms with Crippen LogP contribution in [-0.2, 0) is 21.8 Å². The third kappa shape index (κ3) is 2.36. The minimum absolute atomic E-state index is 0.0716. The molecule has 1 aromatic rings. The zero-order valence-electron chi connectivity index (χ0n) is 10.2. The number of sulfonamides is 1. The lowest BCUT2D eigenvalue weighted by atomic mass is 10.2. The summed E-state index contributed by atoms with van der Waals surface area (Å²) in [6, 6.07) is -0.142. The van der Waals surface area contributed by atoms with Gasteiger partial charge in [0.15, 0.2) is 0 Å². The third-order valence-electron chi connectivity index (χ3n) is 2.84. The highest BCUT2D eigenvalue weighted by Crippen LogP contribution is 2.21. The first kappa shape index (κ1) is 12.5. The Kier molecular flexibility index (Phi) is 3.24. The molecule has 2 rings (SSSR count). The monoisotopic (exact) mass is 259 g/mol. The molecular formula is C10H17N3O3S. The molecule has 1 aliphatic rings. The molecule has 2 atom stereocenters. The smallest absolute Gasteiger partial charge is 0.246 e. The molecule has 0 amide bonds. The first-order chi connectivity index (χ1) is 7.91. The van der Waals surface area contributed by atoms with E-state index in [0.717, 1.165) is 0 Å². The normalized spacial score (nSPS) is 27.2. The van der Waals surface area contributed by atoms with Gasteiger partial charge in [-0.05, 0) is 13.8 Å². The van der Waals surface area contributed by atoms with Gasteiger partial charge in [0.1, 0.15) is 4.90 Å². The van der Waals surface area contributed by atoms with Crippen molar-refractivity contribution in [2.24, 2.45) is 7.05 Å². The lowest BCUT2D eigenvalue weighted by Gasteiger charge is -2.35. The molecule has 0 spiro atoms. The fourth-order valence-electron chi connectivity index (χ4n) is 1.88. The molecule has 96 valence electrons. The second-order valence-corrected chi connectivity index (χ2v) is 6.31. The van der Waals surface area contributed by atoms with Crippen molar-refractivity contribution in [1.29, 1.82) is 0 Å². The molecule has 0 aliphatic carbocycles. The van der Waals surface area contributed by atoms with Crippen LogP contribution < -0.4 is 0 Å². The molecule has 2 heterocycles. The topological polar surface area (TPSA) is 64.4 Å². The SMILES string of the molecule is C[C@@H]1CN(S(=O)(=O)c2cnn(C)c2)[C@H](C)CO1. The Morgan fingerprint density at radius 1 is 1.47 bits per heavy atom. The maximum absolute atomic E-state index is 12.4. The fraction of sp³-hybridized carbons (Fsp3) is 0.700. The summed E-state index contributed by atoms with van der Waals surface area (Å²) in [6.45, 7) is 4.54. The van der Waals surface area contributed by atoms with E-state index >= 15 is 0 Å². The molecule has 0 saturated carbocycles. The van der Waals surface area contributed by atoms with Crippen molar-refractivity contribution in [3.05, 3.63) is 12.4 Å². The molecule has 1 saturated heterocycles. The molecule has 0 N–H and O–H groups in total. The fourth-order valence-corrected chi connectivity index (χ4v) is 3.55. The van der Waals surface area contributed by atoms with Crippen molar-refractivity contribution in [2.75, 3.05) is 13.2 Å². The van der Waals surface area contributed by atoms with Gasteiger partial charge in [0.25, 0.3) is 0 Å². The van der Waals surface area contributed by atoms with E-state index in [9.17, 15) is 8.42 Å². The standard InChI is InChI=1S/C10H17N3O3S/c1-8-7-16-9(2)5-13(8)17(14,15)10-4-11-12(3)6-10/h4,6,8-9H,5,7H2,1-3H3/t8-,9-/m1/s1. The zero-order chi connectivity index (χ0) is 12.6. The van der Waals surface area contributed by atoms with Crippen LogP contribution in [0.15, 0.2) is 17.3 Å². The molecule has 7 heteroatoms. The highest BCUT2D eigenvalue weighted by molar-refractivity contribution is 7.89. The summed E-state index contributed by atoms with van der Waals surface area (Å²) in [6.07, 6.45) is 2.82. The maximum Gasteiger partial charge on any atom is 0.246 e. The summed E-state index contributed by atoms with van der Waals surface area (Å²) in [5.74, 6) is 0. The average Bonchev–Trinajstić information content (AvgIpc) is 2.69. The molecule has 1 aromatic heterocycles. The van der Waals surface area contributed by atoms with Crippen molar-refractivity contribution in [3.63, 3.8) is 0 Å². The van der Waals surface area contributed by atoms with E-state index in [0.29, 0.717) is 13.2 Å². The van der Waals surface area contributed by atoms with Crippen LogP contribution in [0.2, 0.25) is 0 Å². The molecule has 1 aliphatic heterocycles. The minimum Gasteiger partial charge on any atom is -0.375 e. The van der Waals surface area contributed by atoms with E-state index < -0.39 is 10.0 Å². The summed E-state index contributed by atoms with van der Waals surface area (Å²) in [4.78, 5) is 0.237. The van der Waals surface area contributed by atoms with E-state index in [-0.39, 0.29) is 17.0 Å². The summed E-state index contributed by atoms with van der Waals surface area (Å²) in [5, 5.41) is 3.90.